The van der Waals surface area contributed by atoms with Gasteiger partial charge in [0.15, 0.2) is 0 Å². The Labute approximate surface area is 140 Å². The van der Waals surface area contributed by atoms with Gasteiger partial charge in [-0.05, 0) is 25.8 Å². The maximum Gasteiger partial charge on any atom is 0.233 e. The van der Waals surface area contributed by atoms with Crippen LogP contribution in [0.3, 0.4) is 0 Å². The molecule has 1 heterocycles. The molecule has 1 aliphatic rings. The number of anilines is 1. The molecular weight excluding hydrogens is 310 g/mol. The van der Waals surface area contributed by atoms with Gasteiger partial charge in [0.2, 0.25) is 5.91 Å². The fourth-order valence-corrected chi connectivity index (χ4v) is 3.45. The van der Waals surface area contributed by atoms with Crippen LogP contribution in [0.15, 0.2) is 11.1 Å². The number of carbonyl (C=O) groups is 1. The molecule has 1 aliphatic carbocycles. The second kappa shape index (κ2) is 7.85. The number of pyridine rings is 1. The van der Waals surface area contributed by atoms with E-state index in [1.807, 2.05) is 12.1 Å². The van der Waals surface area contributed by atoms with Crippen molar-refractivity contribution in [3.63, 3.8) is 0 Å². The number of thioether (sulfide) groups is 1. The van der Waals surface area contributed by atoms with Gasteiger partial charge >= 0.3 is 0 Å². The molecular formula is C16H19N5OS. The van der Waals surface area contributed by atoms with Gasteiger partial charge in [0, 0.05) is 6.04 Å². The van der Waals surface area contributed by atoms with Crippen LogP contribution in [0.1, 0.15) is 50.2 Å². The van der Waals surface area contributed by atoms with Crippen LogP contribution < -0.4 is 11.1 Å². The molecule has 1 saturated carbocycles. The van der Waals surface area contributed by atoms with E-state index in [4.69, 9.17) is 11.0 Å². The van der Waals surface area contributed by atoms with Gasteiger partial charge in [-0.1, -0.05) is 31.0 Å². The standard InChI is InChI=1S/C16H19N5OS/c1-10(15(22)20-13-5-3-2-4-6-13)23-16-12(9-18)7-11(8-17)14(19)21-16/h7,10,13H,2-6H2,1H3,(H2,19,21)(H,20,22)/t10-/m0/s1. The van der Waals surface area contributed by atoms with Crippen molar-refractivity contribution in [1.29, 1.82) is 10.5 Å². The van der Waals surface area contributed by atoms with E-state index in [0.29, 0.717) is 5.03 Å². The number of aromatic nitrogens is 1. The fraction of sp³-hybridized carbons (Fsp3) is 0.500. The predicted molar refractivity (Wildman–Crippen MR) is 88.4 cm³/mol. The number of carbonyl (C=O) groups excluding carboxylic acids is 1. The lowest BCUT2D eigenvalue weighted by atomic mass is 9.95. The van der Waals surface area contributed by atoms with Crippen LogP contribution in [0.5, 0.6) is 0 Å². The van der Waals surface area contributed by atoms with E-state index in [1.165, 1.54) is 24.2 Å². The van der Waals surface area contributed by atoms with E-state index in [0.717, 1.165) is 25.7 Å². The normalized spacial score (nSPS) is 16.1. The molecule has 7 heteroatoms. The Balaban J connectivity index is 2.06. The summed E-state index contributed by atoms with van der Waals surface area (Å²) in [4.78, 5) is 16.4. The minimum Gasteiger partial charge on any atom is -0.383 e. The zero-order valence-electron chi connectivity index (χ0n) is 13.0. The smallest absolute Gasteiger partial charge is 0.233 e. The molecule has 23 heavy (non-hydrogen) atoms. The molecule has 120 valence electrons. The molecule has 0 aromatic carbocycles. The van der Waals surface area contributed by atoms with Gasteiger partial charge in [-0.2, -0.15) is 10.5 Å². The van der Waals surface area contributed by atoms with Crippen molar-refractivity contribution in [2.45, 2.75) is 55.3 Å². The highest BCUT2D eigenvalue weighted by atomic mass is 32.2. The summed E-state index contributed by atoms with van der Waals surface area (Å²) in [6.45, 7) is 1.78. The summed E-state index contributed by atoms with van der Waals surface area (Å²) < 4.78 is 0. The van der Waals surface area contributed by atoms with E-state index < -0.39 is 0 Å². The highest BCUT2D eigenvalue weighted by Gasteiger charge is 2.22. The number of amides is 1. The summed E-state index contributed by atoms with van der Waals surface area (Å²) >= 11 is 1.19. The van der Waals surface area contributed by atoms with E-state index in [2.05, 4.69) is 10.3 Å². The molecule has 0 spiro atoms. The number of nitriles is 2. The Morgan fingerprint density at radius 2 is 2.00 bits per heavy atom. The SMILES string of the molecule is C[C@H](Sc1nc(N)c(C#N)cc1C#N)C(=O)NC1CCCCC1. The largest absolute Gasteiger partial charge is 0.383 e. The van der Waals surface area contributed by atoms with Crippen LogP contribution >= 0.6 is 11.8 Å². The Morgan fingerprint density at radius 3 is 2.61 bits per heavy atom. The summed E-state index contributed by atoms with van der Waals surface area (Å²) in [6, 6.07) is 5.56. The summed E-state index contributed by atoms with van der Waals surface area (Å²) in [5.41, 5.74) is 6.13. The highest BCUT2D eigenvalue weighted by molar-refractivity contribution is 8.00. The first-order valence-electron chi connectivity index (χ1n) is 7.63. The quantitative estimate of drug-likeness (QED) is 0.819. The van der Waals surface area contributed by atoms with Crippen molar-refractivity contribution >= 4 is 23.5 Å². The van der Waals surface area contributed by atoms with Crippen LogP contribution in [0.4, 0.5) is 5.82 Å². The topological polar surface area (TPSA) is 116 Å². The van der Waals surface area contributed by atoms with Gasteiger partial charge in [0.05, 0.1) is 16.4 Å². The molecule has 0 bridgehead atoms. The molecule has 1 aromatic rings. The molecule has 1 fully saturated rings. The fourth-order valence-electron chi connectivity index (χ4n) is 2.56. The maximum absolute atomic E-state index is 12.3. The van der Waals surface area contributed by atoms with Gasteiger partial charge < -0.3 is 11.1 Å². The Morgan fingerprint density at radius 1 is 1.35 bits per heavy atom. The molecule has 0 unspecified atom stereocenters. The van der Waals surface area contributed by atoms with Crippen LogP contribution in [0, 0.1) is 22.7 Å². The van der Waals surface area contributed by atoms with Crippen molar-refractivity contribution in [3.8, 4) is 12.1 Å². The third-order valence-electron chi connectivity index (χ3n) is 3.87. The molecule has 0 radical (unpaired) electrons. The number of nitrogens with zero attached hydrogens (tertiary/aromatic N) is 3. The molecule has 1 atom stereocenters. The van der Waals surface area contributed by atoms with Crippen molar-refractivity contribution in [1.82, 2.24) is 10.3 Å². The van der Waals surface area contributed by atoms with Crippen molar-refractivity contribution in [2.24, 2.45) is 0 Å². The molecule has 1 aromatic heterocycles. The summed E-state index contributed by atoms with van der Waals surface area (Å²) in [5.74, 6) is 0.0180. The van der Waals surface area contributed by atoms with Gasteiger partial charge in [-0.25, -0.2) is 4.98 Å². The first-order chi connectivity index (χ1) is 11.0. The first kappa shape index (κ1) is 17.1. The molecule has 0 saturated heterocycles. The number of hydrogen-bond acceptors (Lipinski definition) is 6. The van der Waals surface area contributed by atoms with Crippen LogP contribution in [-0.2, 0) is 4.79 Å². The van der Waals surface area contributed by atoms with Gasteiger partial charge in [0.1, 0.15) is 23.0 Å². The number of nitrogen functional groups attached to an aromatic ring is 1. The Bertz CT molecular complexity index is 670. The lowest BCUT2D eigenvalue weighted by molar-refractivity contribution is -0.121. The van der Waals surface area contributed by atoms with Crippen molar-refractivity contribution in [3.05, 3.63) is 17.2 Å². The van der Waals surface area contributed by atoms with Crippen LogP contribution in [-0.4, -0.2) is 22.2 Å². The van der Waals surface area contributed by atoms with Gasteiger partial charge in [-0.3, -0.25) is 4.79 Å². The lowest BCUT2D eigenvalue weighted by Crippen LogP contribution is -2.40. The van der Waals surface area contributed by atoms with E-state index in [-0.39, 0.29) is 34.1 Å². The molecule has 6 nitrogen and oxygen atoms in total. The van der Waals surface area contributed by atoms with E-state index >= 15 is 0 Å². The third kappa shape index (κ3) is 4.37. The van der Waals surface area contributed by atoms with E-state index in [1.54, 1.807) is 6.92 Å². The number of hydrogen-bond donors (Lipinski definition) is 2. The minimum absolute atomic E-state index is 0.0597. The second-order valence-corrected chi connectivity index (χ2v) is 6.93. The lowest BCUT2D eigenvalue weighted by Gasteiger charge is -2.24. The average Bonchev–Trinajstić information content (AvgIpc) is 2.56. The van der Waals surface area contributed by atoms with Crippen LogP contribution in [0.2, 0.25) is 0 Å². The predicted octanol–water partition coefficient (Wildman–Crippen LogP) is 2.34. The Kier molecular flexibility index (Phi) is 5.84. The van der Waals surface area contributed by atoms with Crippen molar-refractivity contribution in [2.75, 3.05) is 5.73 Å². The average molecular weight is 329 g/mol. The van der Waals surface area contributed by atoms with Gasteiger partial charge in [0.25, 0.3) is 0 Å². The number of rotatable bonds is 4. The van der Waals surface area contributed by atoms with Gasteiger partial charge in [-0.15, -0.1) is 0 Å². The summed E-state index contributed by atoms with van der Waals surface area (Å²) in [7, 11) is 0. The van der Waals surface area contributed by atoms with Crippen LogP contribution in [0.25, 0.3) is 0 Å². The van der Waals surface area contributed by atoms with E-state index in [9.17, 15) is 10.1 Å². The summed E-state index contributed by atoms with van der Waals surface area (Å²) in [6.07, 6.45) is 5.58. The van der Waals surface area contributed by atoms with Crippen molar-refractivity contribution < 1.29 is 4.79 Å². The third-order valence-corrected chi connectivity index (χ3v) is 4.97. The zero-order chi connectivity index (χ0) is 16.8. The second-order valence-electron chi connectivity index (χ2n) is 5.60. The monoisotopic (exact) mass is 329 g/mol. The Hall–Kier alpha value is -2.25. The molecule has 2 rings (SSSR count). The zero-order valence-corrected chi connectivity index (χ0v) is 13.8. The first-order valence-corrected chi connectivity index (χ1v) is 8.51. The summed E-state index contributed by atoms with van der Waals surface area (Å²) in [5, 5.41) is 21.2. The number of nitrogens with two attached hydrogens (primary N) is 1. The highest BCUT2D eigenvalue weighted by Crippen LogP contribution is 2.28. The molecule has 3 N–H and O–H groups in total. The minimum atomic E-state index is -0.385. The molecule has 0 aliphatic heterocycles. The molecule has 1 amide bonds. The number of nitrogens with one attached hydrogen (secondary N) is 1. The maximum atomic E-state index is 12.3.